The van der Waals surface area contributed by atoms with Crippen molar-refractivity contribution in [2.24, 2.45) is 0 Å². The molecule has 2 atom stereocenters. The second-order valence-corrected chi connectivity index (χ2v) is 7.38. The number of aromatic nitrogens is 4. The molecule has 0 aromatic carbocycles. The molecule has 0 unspecified atom stereocenters. The number of halogens is 4. The number of likely N-dealkylation sites (tertiary alicyclic amines) is 1. The molecule has 2 aliphatic rings. The highest BCUT2D eigenvalue weighted by Gasteiger charge is 2.36. The Labute approximate surface area is 162 Å². The number of carbonyl (C=O) groups is 1. The van der Waals surface area contributed by atoms with E-state index in [1.165, 1.54) is 15.7 Å². The smallest absolute Gasteiger partial charge is 0.338 e. The highest BCUT2D eigenvalue weighted by molar-refractivity contribution is 5.81. The number of fused-ring (bicyclic) bond motifs is 1. The minimum Gasteiger partial charge on any atom is -0.338 e. The summed E-state index contributed by atoms with van der Waals surface area (Å²) in [4.78, 5) is 30.7. The molecule has 1 fully saturated rings. The Morgan fingerprint density at radius 3 is 2.72 bits per heavy atom. The van der Waals surface area contributed by atoms with Gasteiger partial charge < -0.3 is 4.90 Å². The van der Waals surface area contributed by atoms with E-state index in [-0.39, 0.29) is 31.0 Å². The van der Waals surface area contributed by atoms with Crippen LogP contribution in [0.1, 0.15) is 42.3 Å². The van der Waals surface area contributed by atoms with Crippen LogP contribution in [0.4, 0.5) is 17.6 Å². The molecule has 0 spiro atoms. The van der Waals surface area contributed by atoms with Crippen molar-refractivity contribution in [3.8, 4) is 0 Å². The molecule has 0 N–H and O–H groups in total. The molecule has 0 radical (unpaired) electrons. The molecule has 29 heavy (non-hydrogen) atoms. The van der Waals surface area contributed by atoms with E-state index in [0.29, 0.717) is 37.8 Å². The molecule has 0 aliphatic carbocycles. The van der Waals surface area contributed by atoms with Gasteiger partial charge in [-0.3, -0.25) is 14.3 Å². The molecule has 1 amide bonds. The summed E-state index contributed by atoms with van der Waals surface area (Å²) in [6.45, 7) is 0.140. The molecule has 11 heteroatoms. The third kappa shape index (κ3) is 3.77. The molecule has 2 aromatic heterocycles. The van der Waals surface area contributed by atoms with Gasteiger partial charge in [0.25, 0.3) is 0 Å². The van der Waals surface area contributed by atoms with E-state index < -0.39 is 29.6 Å². The number of rotatable bonds is 3. The van der Waals surface area contributed by atoms with Crippen molar-refractivity contribution in [1.82, 2.24) is 24.2 Å². The number of amides is 1. The van der Waals surface area contributed by atoms with Crippen LogP contribution in [0.2, 0.25) is 0 Å². The van der Waals surface area contributed by atoms with Gasteiger partial charge in [0.1, 0.15) is 18.0 Å². The lowest BCUT2D eigenvalue weighted by atomic mass is 10.0. The van der Waals surface area contributed by atoms with E-state index in [1.54, 1.807) is 0 Å². The SMILES string of the molecule is O=C([C@@H]1CCCc2nn(Cc3cncc(C(F)(F)F)c3)c(=O)n21)N1CC[C@H](F)C1. The van der Waals surface area contributed by atoms with Gasteiger partial charge in [0.2, 0.25) is 5.91 Å². The number of alkyl halides is 4. The Balaban J connectivity index is 1.62. The summed E-state index contributed by atoms with van der Waals surface area (Å²) >= 11 is 0. The zero-order valence-electron chi connectivity index (χ0n) is 15.4. The van der Waals surface area contributed by atoms with Crippen molar-refractivity contribution in [3.05, 3.63) is 45.9 Å². The van der Waals surface area contributed by atoms with E-state index >= 15 is 0 Å². The lowest BCUT2D eigenvalue weighted by Crippen LogP contribution is -2.41. The molecule has 4 heterocycles. The van der Waals surface area contributed by atoms with Crippen LogP contribution in [0.25, 0.3) is 0 Å². The van der Waals surface area contributed by atoms with Crippen molar-refractivity contribution >= 4 is 5.91 Å². The lowest BCUT2D eigenvalue weighted by Gasteiger charge is -2.26. The van der Waals surface area contributed by atoms with Crippen LogP contribution in [0.15, 0.2) is 23.3 Å². The molecule has 2 aromatic rings. The predicted octanol–water partition coefficient (Wildman–Crippen LogP) is 1.95. The Morgan fingerprint density at radius 2 is 2.03 bits per heavy atom. The predicted molar refractivity (Wildman–Crippen MR) is 92.9 cm³/mol. The first-order chi connectivity index (χ1) is 13.7. The van der Waals surface area contributed by atoms with E-state index in [9.17, 15) is 27.2 Å². The monoisotopic (exact) mass is 413 g/mol. The molecule has 156 valence electrons. The summed E-state index contributed by atoms with van der Waals surface area (Å²) in [6, 6.07) is 0.163. The van der Waals surface area contributed by atoms with Crippen molar-refractivity contribution < 1.29 is 22.4 Å². The highest BCUT2D eigenvalue weighted by atomic mass is 19.4. The van der Waals surface area contributed by atoms with E-state index in [2.05, 4.69) is 10.1 Å². The van der Waals surface area contributed by atoms with Crippen LogP contribution in [-0.2, 0) is 23.9 Å². The van der Waals surface area contributed by atoms with E-state index in [4.69, 9.17) is 0 Å². The van der Waals surface area contributed by atoms with Crippen LogP contribution in [0, 0.1) is 0 Å². The van der Waals surface area contributed by atoms with Gasteiger partial charge in [0, 0.05) is 25.4 Å². The van der Waals surface area contributed by atoms with Crippen LogP contribution >= 0.6 is 0 Å². The molecular formula is C18H19F4N5O2. The molecule has 7 nitrogen and oxygen atoms in total. The average Bonchev–Trinajstić information content (AvgIpc) is 3.24. The van der Waals surface area contributed by atoms with Crippen molar-refractivity contribution in [2.75, 3.05) is 13.1 Å². The van der Waals surface area contributed by atoms with Crippen molar-refractivity contribution in [1.29, 1.82) is 0 Å². The number of nitrogens with zero attached hydrogens (tertiary/aromatic N) is 5. The van der Waals surface area contributed by atoms with Gasteiger partial charge in [-0.05, 0) is 30.9 Å². The molecular weight excluding hydrogens is 394 g/mol. The van der Waals surface area contributed by atoms with E-state index in [0.717, 1.165) is 10.7 Å². The van der Waals surface area contributed by atoms with Crippen LogP contribution in [-0.4, -0.2) is 49.4 Å². The maximum absolute atomic E-state index is 13.5. The topological polar surface area (TPSA) is 73.0 Å². The second kappa shape index (κ2) is 7.27. The highest BCUT2D eigenvalue weighted by Crippen LogP contribution is 2.29. The Hall–Kier alpha value is -2.72. The largest absolute Gasteiger partial charge is 0.417 e. The fraction of sp³-hybridized carbons (Fsp3) is 0.556. The minimum atomic E-state index is -4.54. The Morgan fingerprint density at radius 1 is 1.24 bits per heavy atom. The number of hydrogen-bond acceptors (Lipinski definition) is 4. The van der Waals surface area contributed by atoms with Gasteiger partial charge in [-0.1, -0.05) is 0 Å². The molecule has 1 saturated heterocycles. The van der Waals surface area contributed by atoms with Gasteiger partial charge in [0.15, 0.2) is 0 Å². The summed E-state index contributed by atoms with van der Waals surface area (Å²) in [5.74, 6) is 0.101. The summed E-state index contributed by atoms with van der Waals surface area (Å²) in [6.07, 6.45) is -1.79. The summed E-state index contributed by atoms with van der Waals surface area (Å²) < 4.78 is 54.5. The number of hydrogen-bond donors (Lipinski definition) is 0. The van der Waals surface area contributed by atoms with Gasteiger partial charge in [0.05, 0.1) is 18.7 Å². The summed E-state index contributed by atoms with van der Waals surface area (Å²) in [7, 11) is 0. The van der Waals surface area contributed by atoms with Crippen LogP contribution in [0.3, 0.4) is 0 Å². The van der Waals surface area contributed by atoms with Crippen LogP contribution < -0.4 is 5.69 Å². The zero-order chi connectivity index (χ0) is 20.8. The first-order valence-corrected chi connectivity index (χ1v) is 9.36. The minimum absolute atomic E-state index is 0.0173. The first kappa shape index (κ1) is 19.6. The molecule has 0 bridgehead atoms. The Kier molecular flexibility index (Phi) is 4.91. The van der Waals surface area contributed by atoms with Crippen LogP contribution in [0.5, 0.6) is 0 Å². The fourth-order valence-electron chi connectivity index (χ4n) is 3.90. The first-order valence-electron chi connectivity index (χ1n) is 9.36. The van der Waals surface area contributed by atoms with Crippen molar-refractivity contribution in [2.45, 2.75) is 50.6 Å². The average molecular weight is 413 g/mol. The maximum atomic E-state index is 13.5. The van der Waals surface area contributed by atoms with Gasteiger partial charge >= 0.3 is 11.9 Å². The second-order valence-electron chi connectivity index (χ2n) is 7.38. The van der Waals surface area contributed by atoms with Gasteiger partial charge in [-0.25, -0.2) is 13.9 Å². The van der Waals surface area contributed by atoms with Gasteiger partial charge in [-0.2, -0.15) is 18.3 Å². The number of carbonyl (C=O) groups excluding carboxylic acids is 1. The lowest BCUT2D eigenvalue weighted by molar-refractivity contribution is -0.138. The molecule has 0 saturated carbocycles. The third-order valence-corrected chi connectivity index (χ3v) is 5.31. The maximum Gasteiger partial charge on any atom is 0.417 e. The number of aryl methyl sites for hydroxylation is 1. The quantitative estimate of drug-likeness (QED) is 0.722. The van der Waals surface area contributed by atoms with Crippen molar-refractivity contribution in [3.63, 3.8) is 0 Å². The fourth-order valence-corrected chi connectivity index (χ4v) is 3.90. The summed E-state index contributed by atoms with van der Waals surface area (Å²) in [5.41, 5.74) is -1.29. The molecule has 4 rings (SSSR count). The third-order valence-electron chi connectivity index (χ3n) is 5.31. The normalized spacial score (nSPS) is 22.0. The Bertz CT molecular complexity index is 983. The summed E-state index contributed by atoms with van der Waals surface area (Å²) in [5, 5.41) is 4.22. The zero-order valence-corrected chi connectivity index (χ0v) is 15.4. The van der Waals surface area contributed by atoms with Gasteiger partial charge in [-0.15, -0.1) is 0 Å². The van der Waals surface area contributed by atoms with E-state index in [1.807, 2.05) is 0 Å². The number of pyridine rings is 1. The standard InChI is InChI=1S/C18H19F4N5O2/c19-13-4-5-25(10-13)16(28)14-2-1-3-15-24-26(17(29)27(14)15)9-11-6-12(8-23-7-11)18(20,21)22/h6-8,13-14H,1-5,9-10H2/t13-,14-/m0/s1. The molecule has 2 aliphatic heterocycles.